The zero-order chi connectivity index (χ0) is 20.6. The predicted molar refractivity (Wildman–Crippen MR) is 98.8 cm³/mol. The van der Waals surface area contributed by atoms with E-state index in [1.54, 1.807) is 24.3 Å². The van der Waals surface area contributed by atoms with Crippen molar-refractivity contribution in [1.82, 2.24) is 5.17 Å². The Hall–Kier alpha value is -3.15. The highest BCUT2D eigenvalue weighted by Gasteiger charge is 2.06. The van der Waals surface area contributed by atoms with Crippen LogP contribution in [0.25, 0.3) is 0 Å². The molecule has 0 spiro atoms. The molecule has 0 aromatic heterocycles. The molecule has 11 heteroatoms. The number of ether oxygens (including phenoxy) is 1. The molecule has 2 rings (SSSR count). The first kappa shape index (κ1) is 21.9. The van der Waals surface area contributed by atoms with Gasteiger partial charge >= 0.3 is 0 Å². The van der Waals surface area contributed by atoms with Crippen molar-refractivity contribution in [2.45, 2.75) is 11.8 Å². The normalized spacial score (nSPS) is 10.8. The Morgan fingerprint density at radius 1 is 1.26 bits per heavy atom. The van der Waals surface area contributed by atoms with E-state index in [0.29, 0.717) is 11.3 Å². The fraction of sp³-hybridized carbons (Fsp3) is 0.125. The van der Waals surface area contributed by atoms with Crippen molar-refractivity contribution >= 4 is 22.3 Å². The number of nitrogens with one attached hydrogen (secondary N) is 1. The number of rotatable bonds is 4. The van der Waals surface area contributed by atoms with E-state index in [-0.39, 0.29) is 15.8 Å². The Morgan fingerprint density at radius 3 is 2.30 bits per heavy atom. The maximum Gasteiger partial charge on any atom is 0.294 e. The first-order valence-electron chi connectivity index (χ1n) is 7.32. The second-order valence-electron chi connectivity index (χ2n) is 5.14. The molecule has 0 bridgehead atoms. The van der Waals surface area contributed by atoms with Crippen molar-refractivity contribution in [2.24, 2.45) is 10.8 Å². The van der Waals surface area contributed by atoms with Crippen LogP contribution in [-0.2, 0) is 10.1 Å². The van der Waals surface area contributed by atoms with E-state index in [2.05, 4.69) is 5.10 Å². The van der Waals surface area contributed by atoms with E-state index < -0.39 is 16.1 Å². The third-order valence-electron chi connectivity index (χ3n) is 3.05. The van der Waals surface area contributed by atoms with Crippen LogP contribution >= 0.6 is 0 Å². The lowest BCUT2D eigenvalue weighted by atomic mass is 10.2. The Labute approximate surface area is 156 Å². The Balaban J connectivity index is 0.000000289. The average molecular weight is 396 g/mol. The fourth-order valence-corrected chi connectivity index (χ4v) is 2.16. The summed E-state index contributed by atoms with van der Waals surface area (Å²) in [4.78, 5) is -0.0666. The summed E-state index contributed by atoms with van der Waals surface area (Å²) in [5, 5.41) is 28.9. The number of aryl methyl sites for hydroxylation is 1. The van der Waals surface area contributed by atoms with Gasteiger partial charge in [-0.15, -0.1) is 5.17 Å². The Morgan fingerprint density at radius 2 is 1.85 bits per heavy atom. The van der Waals surface area contributed by atoms with Gasteiger partial charge in [-0.1, -0.05) is 17.7 Å². The van der Waals surface area contributed by atoms with Crippen molar-refractivity contribution in [2.75, 3.05) is 7.11 Å². The molecular weight excluding hydrogens is 376 g/mol. The minimum Gasteiger partial charge on any atom is -0.504 e. The number of hydroxylamine groups is 1. The van der Waals surface area contributed by atoms with Crippen LogP contribution in [0.5, 0.6) is 11.5 Å². The number of hydrazone groups is 1. The van der Waals surface area contributed by atoms with Crippen LogP contribution in [0.15, 0.2) is 52.5 Å². The molecule has 0 amide bonds. The molecule has 0 aliphatic rings. The fourth-order valence-electron chi connectivity index (χ4n) is 1.68. The highest BCUT2D eigenvalue weighted by molar-refractivity contribution is 7.85. The predicted octanol–water partition coefficient (Wildman–Crippen LogP) is 1.56. The van der Waals surface area contributed by atoms with Gasteiger partial charge in [-0.3, -0.25) is 15.2 Å². The van der Waals surface area contributed by atoms with Crippen molar-refractivity contribution in [3.05, 3.63) is 53.6 Å². The summed E-state index contributed by atoms with van der Waals surface area (Å²) in [5.74, 6) is -0.308. The highest BCUT2D eigenvalue weighted by Crippen LogP contribution is 2.25. The first-order valence-corrected chi connectivity index (χ1v) is 8.76. The average Bonchev–Trinajstić information content (AvgIpc) is 2.59. The summed E-state index contributed by atoms with van der Waals surface area (Å²) >= 11 is 0. The van der Waals surface area contributed by atoms with E-state index in [4.69, 9.17) is 25.6 Å². The van der Waals surface area contributed by atoms with E-state index >= 15 is 0 Å². The summed E-state index contributed by atoms with van der Waals surface area (Å²) in [5.41, 5.74) is 6.43. The summed E-state index contributed by atoms with van der Waals surface area (Å²) in [6.45, 7) is 1.84. The molecule has 0 aliphatic heterocycles. The van der Waals surface area contributed by atoms with Crippen molar-refractivity contribution in [1.29, 1.82) is 5.41 Å². The minimum atomic E-state index is -4.02. The largest absolute Gasteiger partial charge is 0.504 e. The number of phenolic OH excluding ortho intramolecular Hbond substituents is 1. The number of hydrogen-bond acceptors (Lipinski definition) is 7. The highest BCUT2D eigenvalue weighted by atomic mass is 32.2. The Kier molecular flexibility index (Phi) is 7.72. The molecule has 2 aromatic carbocycles. The summed E-state index contributed by atoms with van der Waals surface area (Å²) in [7, 11) is -2.58. The number of phenols is 1. The number of nitrogens with zero attached hydrogens (tertiary/aromatic N) is 2. The summed E-state index contributed by atoms with van der Waals surface area (Å²) < 4.78 is 34.4. The monoisotopic (exact) mass is 396 g/mol. The second kappa shape index (κ2) is 9.52. The minimum absolute atomic E-state index is 0.0428. The smallest absolute Gasteiger partial charge is 0.294 e. The first-order chi connectivity index (χ1) is 12.5. The molecule has 0 radical (unpaired) electrons. The number of benzene rings is 2. The van der Waals surface area contributed by atoms with Gasteiger partial charge in [0, 0.05) is 0 Å². The van der Waals surface area contributed by atoms with Crippen LogP contribution in [0, 0.1) is 12.3 Å². The number of methoxy groups -OCH3 is 1. The van der Waals surface area contributed by atoms with E-state index in [0.717, 1.165) is 5.56 Å². The van der Waals surface area contributed by atoms with Crippen LogP contribution in [0.3, 0.4) is 0 Å². The van der Waals surface area contributed by atoms with Crippen molar-refractivity contribution in [3.63, 3.8) is 0 Å². The maximum absolute atomic E-state index is 10.5. The van der Waals surface area contributed by atoms with Gasteiger partial charge in [-0.2, -0.15) is 13.5 Å². The standard InChI is InChI=1S/C9H12N4O3.C7H8O3S/c1-16-8-3-2-6(4-7(8)14)5-12-13(15)9(10)11;1-6-2-4-7(5-3-6)11(8,9)10/h2-5,14-15H,1H3,(H3,10,11);2-5H,1H3,(H,8,9,10). The SMILES string of the molecule is COc1ccc(C=NN(O)C(=N)N)cc1O.Cc1ccc(S(=O)(=O)O)cc1. The number of guanidine groups is 1. The van der Waals surface area contributed by atoms with E-state index in [1.807, 2.05) is 6.92 Å². The molecule has 146 valence electrons. The van der Waals surface area contributed by atoms with Crippen LogP contribution in [0.4, 0.5) is 0 Å². The molecule has 0 aliphatic carbocycles. The third-order valence-corrected chi connectivity index (χ3v) is 3.92. The molecule has 0 atom stereocenters. The van der Waals surface area contributed by atoms with Gasteiger partial charge in [0.2, 0.25) is 5.96 Å². The summed E-state index contributed by atoms with van der Waals surface area (Å²) in [6, 6.07) is 10.6. The van der Waals surface area contributed by atoms with Crippen molar-refractivity contribution < 1.29 is 28.0 Å². The maximum atomic E-state index is 10.5. The Bertz CT molecular complexity index is 913. The van der Waals surface area contributed by atoms with Crippen LogP contribution < -0.4 is 10.5 Å². The molecule has 0 unspecified atom stereocenters. The van der Waals surface area contributed by atoms with Gasteiger partial charge in [0.05, 0.1) is 18.2 Å². The molecule has 0 saturated heterocycles. The van der Waals surface area contributed by atoms with Crippen LogP contribution in [0.2, 0.25) is 0 Å². The molecule has 6 N–H and O–H groups in total. The molecule has 0 fully saturated rings. The van der Waals surface area contributed by atoms with Gasteiger partial charge < -0.3 is 15.6 Å². The quantitative estimate of drug-likeness (QED) is 0.224. The molecule has 27 heavy (non-hydrogen) atoms. The van der Waals surface area contributed by atoms with Gasteiger partial charge in [0.25, 0.3) is 10.1 Å². The van der Waals surface area contributed by atoms with Crippen LogP contribution in [-0.4, -0.2) is 47.7 Å². The van der Waals surface area contributed by atoms with Gasteiger partial charge in [0.15, 0.2) is 11.5 Å². The zero-order valence-electron chi connectivity index (χ0n) is 14.6. The van der Waals surface area contributed by atoms with Crippen LogP contribution in [0.1, 0.15) is 11.1 Å². The van der Waals surface area contributed by atoms with E-state index in [9.17, 15) is 13.5 Å². The third kappa shape index (κ3) is 7.32. The lowest BCUT2D eigenvalue weighted by Crippen LogP contribution is -2.28. The molecule has 2 aromatic rings. The van der Waals surface area contributed by atoms with Gasteiger partial charge in [-0.25, -0.2) is 0 Å². The molecular formula is C16H20N4O6S. The lowest BCUT2D eigenvalue weighted by molar-refractivity contribution is -0.0139. The van der Waals surface area contributed by atoms with E-state index in [1.165, 1.54) is 31.5 Å². The second-order valence-corrected chi connectivity index (χ2v) is 6.56. The van der Waals surface area contributed by atoms with Gasteiger partial charge in [0.1, 0.15) is 0 Å². The van der Waals surface area contributed by atoms with Crippen molar-refractivity contribution in [3.8, 4) is 11.5 Å². The number of nitrogens with two attached hydrogens (primary N) is 1. The zero-order valence-corrected chi connectivity index (χ0v) is 15.4. The molecule has 10 nitrogen and oxygen atoms in total. The lowest BCUT2D eigenvalue weighted by Gasteiger charge is -2.06. The number of hydrogen-bond donors (Lipinski definition) is 5. The number of aromatic hydroxyl groups is 1. The molecule has 0 saturated carbocycles. The topological polar surface area (TPSA) is 170 Å². The summed E-state index contributed by atoms with van der Waals surface area (Å²) in [6.07, 6.45) is 1.24. The molecule has 0 heterocycles. The van der Waals surface area contributed by atoms with Gasteiger partial charge in [-0.05, 0) is 42.8 Å².